The maximum absolute atomic E-state index is 12.4. The molecule has 0 spiro atoms. The Morgan fingerprint density at radius 3 is 2.18 bits per heavy atom. The van der Waals surface area contributed by atoms with Crippen molar-refractivity contribution < 1.29 is 18.0 Å². The highest BCUT2D eigenvalue weighted by Crippen LogP contribution is 2.26. The van der Waals surface area contributed by atoms with E-state index < -0.39 is 22.5 Å². The summed E-state index contributed by atoms with van der Waals surface area (Å²) in [6.45, 7) is -0.470. The summed E-state index contributed by atoms with van der Waals surface area (Å²) in [5, 5.41) is 3.19. The maximum Gasteiger partial charge on any atom is 0.253 e. The summed E-state index contributed by atoms with van der Waals surface area (Å²) in [5.74, 6) is -0.811. The molecule has 0 radical (unpaired) electrons. The quantitative estimate of drug-likeness (QED) is 0.742. The molecule has 0 unspecified atom stereocenters. The van der Waals surface area contributed by atoms with Crippen molar-refractivity contribution in [1.82, 2.24) is 4.90 Å². The maximum atomic E-state index is 12.4. The SMILES string of the molecule is CN(C)C(=O)c1ccc(N(CC(=O)Nc2cc(Cl)ccc2Cl)S(C)(=O)=O)cc1. The normalized spacial score (nSPS) is 11.0. The summed E-state index contributed by atoms with van der Waals surface area (Å²) < 4.78 is 25.3. The molecule has 0 aromatic heterocycles. The number of carbonyl (C=O) groups is 2. The van der Waals surface area contributed by atoms with E-state index in [1.54, 1.807) is 20.2 Å². The van der Waals surface area contributed by atoms with Crippen LogP contribution < -0.4 is 9.62 Å². The lowest BCUT2D eigenvalue weighted by Gasteiger charge is -2.22. The highest BCUT2D eigenvalue weighted by Gasteiger charge is 2.22. The highest BCUT2D eigenvalue weighted by molar-refractivity contribution is 7.92. The molecule has 0 aliphatic heterocycles. The summed E-state index contributed by atoms with van der Waals surface area (Å²) in [4.78, 5) is 25.8. The molecule has 0 aliphatic rings. The molecule has 2 aromatic rings. The van der Waals surface area contributed by atoms with Gasteiger partial charge in [0.2, 0.25) is 15.9 Å². The molecule has 0 atom stereocenters. The minimum absolute atomic E-state index is 0.217. The fraction of sp³-hybridized carbons (Fsp3) is 0.222. The number of sulfonamides is 1. The zero-order valence-electron chi connectivity index (χ0n) is 15.4. The van der Waals surface area contributed by atoms with Crippen molar-refractivity contribution in [2.24, 2.45) is 0 Å². The number of carbonyl (C=O) groups excluding carboxylic acids is 2. The Balaban J connectivity index is 2.24. The third kappa shape index (κ3) is 5.60. The minimum atomic E-state index is -3.75. The molecule has 0 saturated carbocycles. The zero-order valence-corrected chi connectivity index (χ0v) is 17.8. The molecule has 0 bridgehead atoms. The van der Waals surface area contributed by atoms with Crippen molar-refractivity contribution in [3.8, 4) is 0 Å². The molecule has 2 amide bonds. The molecule has 0 fully saturated rings. The smallest absolute Gasteiger partial charge is 0.253 e. The number of hydrogen-bond acceptors (Lipinski definition) is 4. The second-order valence-electron chi connectivity index (χ2n) is 6.19. The topological polar surface area (TPSA) is 86.8 Å². The third-order valence-electron chi connectivity index (χ3n) is 3.70. The van der Waals surface area contributed by atoms with Crippen LogP contribution in [0.25, 0.3) is 0 Å². The highest BCUT2D eigenvalue weighted by atomic mass is 35.5. The van der Waals surface area contributed by atoms with Gasteiger partial charge in [0.05, 0.1) is 22.7 Å². The van der Waals surface area contributed by atoms with Gasteiger partial charge in [-0.25, -0.2) is 8.42 Å². The first kappa shape index (κ1) is 22.0. The molecular formula is C18H19Cl2N3O4S. The Hall–Kier alpha value is -2.29. The van der Waals surface area contributed by atoms with Crippen LogP contribution in [-0.4, -0.2) is 52.0 Å². The van der Waals surface area contributed by atoms with Gasteiger partial charge >= 0.3 is 0 Å². The van der Waals surface area contributed by atoms with Crippen LogP contribution in [-0.2, 0) is 14.8 Å². The molecule has 1 N–H and O–H groups in total. The van der Waals surface area contributed by atoms with Crippen molar-refractivity contribution in [3.63, 3.8) is 0 Å². The average molecular weight is 444 g/mol. The minimum Gasteiger partial charge on any atom is -0.345 e. The molecule has 2 rings (SSSR count). The summed E-state index contributed by atoms with van der Waals surface area (Å²) in [7, 11) is -0.524. The largest absolute Gasteiger partial charge is 0.345 e. The first-order valence-electron chi connectivity index (χ1n) is 8.03. The molecule has 28 heavy (non-hydrogen) atoms. The van der Waals surface area contributed by atoms with E-state index in [2.05, 4.69) is 5.32 Å². The second kappa shape index (κ2) is 8.81. The lowest BCUT2D eigenvalue weighted by atomic mass is 10.2. The number of halogens is 2. The van der Waals surface area contributed by atoms with Gasteiger partial charge in [-0.05, 0) is 42.5 Å². The van der Waals surface area contributed by atoms with E-state index in [0.29, 0.717) is 10.6 Å². The number of benzene rings is 2. The van der Waals surface area contributed by atoms with Gasteiger partial charge in [0, 0.05) is 24.7 Å². The monoisotopic (exact) mass is 443 g/mol. The van der Waals surface area contributed by atoms with Crippen molar-refractivity contribution in [3.05, 3.63) is 58.1 Å². The van der Waals surface area contributed by atoms with Crippen LogP contribution in [0.5, 0.6) is 0 Å². The van der Waals surface area contributed by atoms with Gasteiger partial charge < -0.3 is 10.2 Å². The first-order valence-corrected chi connectivity index (χ1v) is 10.6. The number of nitrogens with one attached hydrogen (secondary N) is 1. The Morgan fingerprint density at radius 2 is 1.64 bits per heavy atom. The van der Waals surface area contributed by atoms with E-state index in [0.717, 1.165) is 10.6 Å². The van der Waals surface area contributed by atoms with Crippen molar-refractivity contribution >= 4 is 56.4 Å². The number of hydrogen-bond donors (Lipinski definition) is 1. The van der Waals surface area contributed by atoms with Crippen LogP contribution in [0.4, 0.5) is 11.4 Å². The Kier molecular flexibility index (Phi) is 6.92. The molecule has 150 valence electrons. The lowest BCUT2D eigenvalue weighted by molar-refractivity contribution is -0.114. The summed E-state index contributed by atoms with van der Waals surface area (Å²) in [5.41, 5.74) is 0.932. The molecule has 0 heterocycles. The number of amides is 2. The molecule has 2 aromatic carbocycles. The van der Waals surface area contributed by atoms with Crippen LogP contribution in [0.3, 0.4) is 0 Å². The number of nitrogens with zero attached hydrogens (tertiary/aromatic N) is 2. The van der Waals surface area contributed by atoms with Crippen molar-refractivity contribution in [2.45, 2.75) is 0 Å². The Labute approximate surface area is 173 Å². The fourth-order valence-corrected chi connectivity index (χ4v) is 3.54. The van der Waals surface area contributed by atoms with Gasteiger partial charge in [0.15, 0.2) is 0 Å². The van der Waals surface area contributed by atoms with E-state index in [4.69, 9.17) is 23.2 Å². The van der Waals surface area contributed by atoms with Crippen LogP contribution in [0, 0.1) is 0 Å². The van der Waals surface area contributed by atoms with Crippen molar-refractivity contribution in [1.29, 1.82) is 0 Å². The van der Waals surface area contributed by atoms with Crippen LogP contribution in [0.15, 0.2) is 42.5 Å². The predicted molar refractivity (Wildman–Crippen MR) is 112 cm³/mol. The van der Waals surface area contributed by atoms with Gasteiger partial charge in [-0.15, -0.1) is 0 Å². The summed E-state index contributed by atoms with van der Waals surface area (Å²) in [6, 6.07) is 10.5. The van der Waals surface area contributed by atoms with Gasteiger partial charge in [0.25, 0.3) is 5.91 Å². The van der Waals surface area contributed by atoms with Gasteiger partial charge in [0.1, 0.15) is 6.54 Å². The second-order valence-corrected chi connectivity index (χ2v) is 8.94. The van der Waals surface area contributed by atoms with Crippen LogP contribution in [0.2, 0.25) is 10.0 Å². The van der Waals surface area contributed by atoms with Crippen LogP contribution in [0.1, 0.15) is 10.4 Å². The molecule has 10 heteroatoms. The average Bonchev–Trinajstić information content (AvgIpc) is 2.61. The molecular weight excluding hydrogens is 425 g/mol. The van der Waals surface area contributed by atoms with E-state index in [1.165, 1.54) is 41.3 Å². The summed E-state index contributed by atoms with van der Waals surface area (Å²) >= 11 is 11.9. The number of rotatable bonds is 6. The third-order valence-corrected chi connectivity index (χ3v) is 5.40. The Morgan fingerprint density at radius 1 is 1.04 bits per heavy atom. The molecule has 0 saturated heterocycles. The van der Waals surface area contributed by atoms with Gasteiger partial charge in [-0.2, -0.15) is 0 Å². The van der Waals surface area contributed by atoms with E-state index in [1.807, 2.05) is 0 Å². The van der Waals surface area contributed by atoms with Gasteiger partial charge in [-0.3, -0.25) is 13.9 Å². The van der Waals surface area contributed by atoms with Crippen molar-refractivity contribution in [2.75, 3.05) is 36.5 Å². The number of anilines is 2. The zero-order chi connectivity index (χ0) is 21.1. The first-order chi connectivity index (χ1) is 13.0. The molecule has 0 aliphatic carbocycles. The molecule has 7 nitrogen and oxygen atoms in total. The van der Waals surface area contributed by atoms with Crippen LogP contribution >= 0.6 is 23.2 Å². The van der Waals surface area contributed by atoms with E-state index in [-0.39, 0.29) is 22.3 Å². The van der Waals surface area contributed by atoms with E-state index >= 15 is 0 Å². The lowest BCUT2D eigenvalue weighted by Crippen LogP contribution is -2.37. The predicted octanol–water partition coefficient (Wildman–Crippen LogP) is 3.10. The summed E-state index contributed by atoms with van der Waals surface area (Å²) in [6.07, 6.45) is 0.992. The Bertz CT molecular complexity index is 992. The van der Waals surface area contributed by atoms with E-state index in [9.17, 15) is 18.0 Å². The van der Waals surface area contributed by atoms with Gasteiger partial charge in [-0.1, -0.05) is 23.2 Å². The fourth-order valence-electron chi connectivity index (χ4n) is 2.34. The standard InChI is InChI=1S/C18H19Cl2N3O4S/c1-22(2)18(25)12-4-7-14(8-5-12)23(28(3,26)27)11-17(24)21-16-10-13(19)6-9-15(16)20/h4-10H,11H2,1-3H3,(H,21,24).